The van der Waals surface area contributed by atoms with Crippen LogP contribution in [-0.2, 0) is 16.0 Å². The highest BCUT2D eigenvalue weighted by Gasteiger charge is 2.28. The normalized spacial score (nSPS) is 11.4. The molecular formula is C25H34N2O5. The van der Waals surface area contributed by atoms with E-state index >= 15 is 0 Å². The van der Waals surface area contributed by atoms with Crippen LogP contribution in [0.4, 0.5) is 0 Å². The molecule has 1 atom stereocenters. The average molecular weight is 443 g/mol. The molecule has 2 aromatic rings. The molecule has 2 aromatic carbocycles. The Hall–Kier alpha value is -3.22. The van der Waals surface area contributed by atoms with Gasteiger partial charge in [0.05, 0.1) is 14.2 Å². The molecule has 0 spiro atoms. The second kappa shape index (κ2) is 13.2. The van der Waals surface area contributed by atoms with Gasteiger partial charge in [-0.2, -0.15) is 0 Å². The number of amides is 2. The molecule has 1 unspecified atom stereocenters. The molecule has 0 bridgehead atoms. The lowest BCUT2D eigenvalue weighted by Gasteiger charge is -2.30. The number of nitrogens with one attached hydrogen (secondary N) is 1. The van der Waals surface area contributed by atoms with E-state index in [1.165, 1.54) is 0 Å². The number of ether oxygens (including phenoxy) is 3. The molecule has 7 nitrogen and oxygen atoms in total. The topological polar surface area (TPSA) is 77.1 Å². The molecular weight excluding hydrogens is 408 g/mol. The van der Waals surface area contributed by atoms with Crippen molar-refractivity contribution in [2.75, 3.05) is 33.9 Å². The monoisotopic (exact) mass is 442 g/mol. The predicted molar refractivity (Wildman–Crippen MR) is 124 cm³/mol. The Balaban J connectivity index is 2.15. The molecule has 0 radical (unpaired) electrons. The Kier molecular flexibility index (Phi) is 10.4. The Morgan fingerprint density at radius 2 is 1.59 bits per heavy atom. The smallest absolute Gasteiger partial charge is 0.261 e. The summed E-state index contributed by atoms with van der Waals surface area (Å²) in [7, 11) is 3.10. The van der Waals surface area contributed by atoms with Crippen LogP contribution >= 0.6 is 0 Å². The molecule has 0 aliphatic heterocycles. The van der Waals surface area contributed by atoms with Gasteiger partial charge in [-0.3, -0.25) is 9.59 Å². The largest absolute Gasteiger partial charge is 0.496 e. The lowest BCUT2D eigenvalue weighted by molar-refractivity contribution is -0.142. The fourth-order valence-corrected chi connectivity index (χ4v) is 3.35. The SMILES string of the molecule is CCCNC(=O)C(CC)N(CCc1ccccc1)C(=O)COc1cc(OC)cc(OC)c1. The van der Waals surface area contributed by atoms with Crippen molar-refractivity contribution in [3.63, 3.8) is 0 Å². The zero-order valence-electron chi connectivity index (χ0n) is 19.4. The first kappa shape index (κ1) is 25.0. The second-order valence-corrected chi connectivity index (χ2v) is 7.37. The summed E-state index contributed by atoms with van der Waals surface area (Å²) in [5.74, 6) is 1.21. The molecule has 0 saturated heterocycles. The molecule has 0 fully saturated rings. The van der Waals surface area contributed by atoms with Crippen LogP contribution in [0, 0.1) is 0 Å². The molecule has 7 heteroatoms. The van der Waals surface area contributed by atoms with Crippen molar-refractivity contribution in [3.8, 4) is 17.2 Å². The number of hydrogen-bond acceptors (Lipinski definition) is 5. The van der Waals surface area contributed by atoms with Gasteiger partial charge in [0, 0.05) is 31.3 Å². The fourth-order valence-electron chi connectivity index (χ4n) is 3.35. The van der Waals surface area contributed by atoms with E-state index < -0.39 is 6.04 Å². The molecule has 1 N–H and O–H groups in total. The Morgan fingerprint density at radius 1 is 0.969 bits per heavy atom. The minimum Gasteiger partial charge on any atom is -0.496 e. The summed E-state index contributed by atoms with van der Waals surface area (Å²) >= 11 is 0. The van der Waals surface area contributed by atoms with Crippen LogP contribution in [0.3, 0.4) is 0 Å². The quantitative estimate of drug-likeness (QED) is 0.514. The predicted octanol–water partition coefficient (Wildman–Crippen LogP) is 3.46. The average Bonchev–Trinajstić information content (AvgIpc) is 2.83. The first-order chi connectivity index (χ1) is 15.5. The van der Waals surface area contributed by atoms with Crippen molar-refractivity contribution in [1.82, 2.24) is 10.2 Å². The third-order valence-electron chi connectivity index (χ3n) is 5.11. The summed E-state index contributed by atoms with van der Waals surface area (Å²) < 4.78 is 16.3. The van der Waals surface area contributed by atoms with E-state index in [2.05, 4.69) is 5.32 Å². The maximum Gasteiger partial charge on any atom is 0.261 e. The number of nitrogens with zero attached hydrogens (tertiary/aromatic N) is 1. The zero-order valence-corrected chi connectivity index (χ0v) is 19.4. The van der Waals surface area contributed by atoms with Crippen LogP contribution in [0.2, 0.25) is 0 Å². The van der Waals surface area contributed by atoms with Crippen molar-refractivity contribution >= 4 is 11.8 Å². The van der Waals surface area contributed by atoms with Crippen LogP contribution in [0.5, 0.6) is 17.2 Å². The first-order valence-electron chi connectivity index (χ1n) is 11.0. The molecule has 0 saturated carbocycles. The third kappa shape index (κ3) is 7.48. The van der Waals surface area contributed by atoms with Gasteiger partial charge in [-0.1, -0.05) is 44.2 Å². The molecule has 0 aliphatic rings. The standard InChI is InChI=1S/C25H34N2O5/c1-5-13-26-25(29)23(6-2)27(14-12-19-10-8-7-9-11-19)24(28)18-32-22-16-20(30-3)15-21(17-22)31-4/h7-11,15-17,23H,5-6,12-14,18H2,1-4H3,(H,26,29). The molecule has 0 heterocycles. The number of methoxy groups -OCH3 is 2. The molecule has 0 aromatic heterocycles. The third-order valence-corrected chi connectivity index (χ3v) is 5.11. The van der Waals surface area contributed by atoms with Crippen LogP contribution in [-0.4, -0.2) is 56.7 Å². The number of hydrogen-bond donors (Lipinski definition) is 1. The lowest BCUT2D eigenvalue weighted by Crippen LogP contribution is -2.51. The summed E-state index contributed by atoms with van der Waals surface area (Å²) in [6, 6.07) is 14.5. The van der Waals surface area contributed by atoms with E-state index in [1.807, 2.05) is 44.2 Å². The number of rotatable bonds is 13. The highest BCUT2D eigenvalue weighted by atomic mass is 16.5. The fraction of sp³-hybridized carbons (Fsp3) is 0.440. The van der Waals surface area contributed by atoms with Crippen LogP contribution in [0.15, 0.2) is 48.5 Å². The number of carbonyl (C=O) groups is 2. The van der Waals surface area contributed by atoms with Crippen LogP contribution < -0.4 is 19.5 Å². The Bertz CT molecular complexity index is 834. The molecule has 2 rings (SSSR count). The van der Waals surface area contributed by atoms with Gasteiger partial charge in [-0.05, 0) is 24.8 Å². The summed E-state index contributed by atoms with van der Waals surface area (Å²) in [4.78, 5) is 27.6. The van der Waals surface area contributed by atoms with Crippen molar-refractivity contribution in [2.24, 2.45) is 0 Å². The minimum absolute atomic E-state index is 0.140. The van der Waals surface area contributed by atoms with Gasteiger partial charge in [-0.25, -0.2) is 0 Å². The Morgan fingerprint density at radius 3 is 2.16 bits per heavy atom. The van der Waals surface area contributed by atoms with Gasteiger partial charge < -0.3 is 24.4 Å². The lowest BCUT2D eigenvalue weighted by atomic mass is 10.1. The maximum absolute atomic E-state index is 13.2. The van der Waals surface area contributed by atoms with E-state index in [0.717, 1.165) is 12.0 Å². The van der Waals surface area contributed by atoms with Gasteiger partial charge in [0.15, 0.2) is 6.61 Å². The van der Waals surface area contributed by atoms with Gasteiger partial charge in [-0.15, -0.1) is 0 Å². The van der Waals surface area contributed by atoms with E-state index in [4.69, 9.17) is 14.2 Å². The van der Waals surface area contributed by atoms with E-state index in [-0.39, 0.29) is 18.4 Å². The van der Waals surface area contributed by atoms with E-state index in [0.29, 0.717) is 43.2 Å². The molecule has 32 heavy (non-hydrogen) atoms. The first-order valence-corrected chi connectivity index (χ1v) is 11.0. The number of benzene rings is 2. The van der Waals surface area contributed by atoms with Crippen LogP contribution in [0.1, 0.15) is 32.3 Å². The Labute approximate surface area is 190 Å². The summed E-state index contributed by atoms with van der Waals surface area (Å²) in [6.45, 7) is 4.72. The van der Waals surface area contributed by atoms with E-state index in [9.17, 15) is 9.59 Å². The summed E-state index contributed by atoms with van der Waals surface area (Å²) in [6.07, 6.45) is 2.00. The second-order valence-electron chi connectivity index (χ2n) is 7.37. The summed E-state index contributed by atoms with van der Waals surface area (Å²) in [5.41, 5.74) is 1.10. The van der Waals surface area contributed by atoms with Gasteiger partial charge in [0.1, 0.15) is 23.3 Å². The van der Waals surface area contributed by atoms with Gasteiger partial charge in [0.2, 0.25) is 5.91 Å². The van der Waals surface area contributed by atoms with Gasteiger partial charge >= 0.3 is 0 Å². The van der Waals surface area contributed by atoms with Crippen molar-refractivity contribution in [3.05, 3.63) is 54.1 Å². The maximum atomic E-state index is 13.2. The van der Waals surface area contributed by atoms with E-state index in [1.54, 1.807) is 37.3 Å². The summed E-state index contributed by atoms with van der Waals surface area (Å²) in [5, 5.41) is 2.91. The zero-order chi connectivity index (χ0) is 23.3. The van der Waals surface area contributed by atoms with Crippen molar-refractivity contribution in [2.45, 2.75) is 39.2 Å². The van der Waals surface area contributed by atoms with Crippen LogP contribution in [0.25, 0.3) is 0 Å². The highest BCUT2D eigenvalue weighted by molar-refractivity contribution is 5.88. The van der Waals surface area contributed by atoms with Crippen molar-refractivity contribution < 1.29 is 23.8 Å². The van der Waals surface area contributed by atoms with Gasteiger partial charge in [0.25, 0.3) is 5.91 Å². The molecule has 0 aliphatic carbocycles. The highest BCUT2D eigenvalue weighted by Crippen LogP contribution is 2.27. The number of carbonyl (C=O) groups excluding carboxylic acids is 2. The molecule has 2 amide bonds. The molecule has 174 valence electrons. The minimum atomic E-state index is -0.554. The van der Waals surface area contributed by atoms with Crippen molar-refractivity contribution in [1.29, 1.82) is 0 Å².